The molecule has 0 aliphatic heterocycles. The van der Waals surface area contributed by atoms with Crippen molar-refractivity contribution < 1.29 is 4.74 Å². The van der Waals surface area contributed by atoms with E-state index in [1.807, 2.05) is 0 Å². The van der Waals surface area contributed by atoms with Crippen LogP contribution in [0.4, 0.5) is 0 Å². The Morgan fingerprint density at radius 3 is 0.477 bits per heavy atom. The van der Waals surface area contributed by atoms with Crippen LogP contribution in [0, 0.1) is 0 Å². The molecule has 266 valence electrons. The van der Waals surface area contributed by atoms with Gasteiger partial charge in [0.1, 0.15) is 0 Å². The third kappa shape index (κ3) is 42.0. The van der Waals surface area contributed by atoms with Gasteiger partial charge in [0.05, 0.1) is 0 Å². The molecule has 0 aromatic carbocycles. The van der Waals surface area contributed by atoms with Gasteiger partial charge >= 0.3 is 0 Å². The van der Waals surface area contributed by atoms with E-state index in [4.69, 9.17) is 4.74 Å². The molecule has 0 amide bonds. The summed E-state index contributed by atoms with van der Waals surface area (Å²) >= 11 is 0. The molecule has 0 spiro atoms. The number of hydrogen-bond donors (Lipinski definition) is 0. The second kappa shape index (κ2) is 43.0. The van der Waals surface area contributed by atoms with Crippen molar-refractivity contribution in [3.05, 3.63) is 0 Å². The molecule has 0 rings (SSSR count). The van der Waals surface area contributed by atoms with E-state index in [1.54, 1.807) is 0 Å². The van der Waals surface area contributed by atoms with Crippen LogP contribution < -0.4 is 0 Å². The Kier molecular flexibility index (Phi) is 42.9. The lowest BCUT2D eigenvalue weighted by atomic mass is 10.0. The number of rotatable bonds is 41. The third-order valence-electron chi connectivity index (χ3n) is 10.0. The van der Waals surface area contributed by atoms with Gasteiger partial charge in [-0.1, -0.05) is 251 Å². The van der Waals surface area contributed by atoms with E-state index in [0.29, 0.717) is 0 Å². The summed E-state index contributed by atoms with van der Waals surface area (Å²) in [7, 11) is 0. The van der Waals surface area contributed by atoms with Gasteiger partial charge in [-0.3, -0.25) is 0 Å². The molecular formula is C43H88O. The summed E-state index contributed by atoms with van der Waals surface area (Å²) < 4.78 is 5.90. The molecule has 0 aromatic rings. The first-order valence-electron chi connectivity index (χ1n) is 21.5. The van der Waals surface area contributed by atoms with Gasteiger partial charge in [-0.15, -0.1) is 0 Å². The molecular weight excluding hydrogens is 532 g/mol. The SMILES string of the molecule is CCCCCCCCCCCCCCCCCCCCCCCCOCCCCCCCCCCCCCCCCCCC. The average molecular weight is 621 g/mol. The van der Waals surface area contributed by atoms with Gasteiger partial charge in [0, 0.05) is 13.2 Å². The monoisotopic (exact) mass is 621 g/mol. The second-order valence-corrected chi connectivity index (χ2v) is 14.7. The Labute approximate surface area is 281 Å². The van der Waals surface area contributed by atoms with E-state index in [2.05, 4.69) is 13.8 Å². The predicted molar refractivity (Wildman–Crippen MR) is 202 cm³/mol. The Balaban J connectivity index is 3.03. The topological polar surface area (TPSA) is 9.23 Å². The van der Waals surface area contributed by atoms with Gasteiger partial charge in [-0.05, 0) is 12.8 Å². The van der Waals surface area contributed by atoms with Crippen molar-refractivity contribution >= 4 is 0 Å². The lowest BCUT2D eigenvalue weighted by molar-refractivity contribution is 0.125. The summed E-state index contributed by atoms with van der Waals surface area (Å²) in [5, 5.41) is 0. The largest absolute Gasteiger partial charge is 0.381 e. The summed E-state index contributed by atoms with van der Waals surface area (Å²) in [5.74, 6) is 0. The fraction of sp³-hybridized carbons (Fsp3) is 1.00. The molecule has 0 radical (unpaired) electrons. The zero-order chi connectivity index (χ0) is 31.7. The van der Waals surface area contributed by atoms with Crippen LogP contribution >= 0.6 is 0 Å². The minimum atomic E-state index is 0.998. The highest BCUT2D eigenvalue weighted by Gasteiger charge is 1.98. The molecule has 0 saturated heterocycles. The molecule has 0 fully saturated rings. The van der Waals surface area contributed by atoms with Crippen LogP contribution in [0.15, 0.2) is 0 Å². The standard InChI is InChI=1S/C43H88O/c1-3-5-7-9-11-13-15-17-19-21-22-23-24-25-27-29-31-33-35-37-39-41-43-44-42-40-38-36-34-32-30-28-26-20-18-16-14-12-10-8-6-4-2/h3-43H2,1-2H3. The summed E-state index contributed by atoms with van der Waals surface area (Å²) in [6.07, 6.45) is 56.5. The molecule has 1 nitrogen and oxygen atoms in total. The van der Waals surface area contributed by atoms with Crippen LogP contribution in [-0.4, -0.2) is 13.2 Å². The van der Waals surface area contributed by atoms with Crippen LogP contribution in [0.3, 0.4) is 0 Å². The average Bonchev–Trinajstić information content (AvgIpc) is 3.04. The Morgan fingerprint density at radius 2 is 0.318 bits per heavy atom. The zero-order valence-corrected chi connectivity index (χ0v) is 31.4. The first-order valence-corrected chi connectivity index (χ1v) is 21.5. The van der Waals surface area contributed by atoms with Gasteiger partial charge in [-0.2, -0.15) is 0 Å². The number of hydrogen-bond acceptors (Lipinski definition) is 1. The smallest absolute Gasteiger partial charge is 0.0466 e. The quantitative estimate of drug-likeness (QED) is 0.0618. The summed E-state index contributed by atoms with van der Waals surface area (Å²) in [6, 6.07) is 0. The lowest BCUT2D eigenvalue weighted by Gasteiger charge is -2.06. The predicted octanol–water partition coefficient (Wildman–Crippen LogP) is 16.3. The van der Waals surface area contributed by atoms with E-state index < -0.39 is 0 Å². The highest BCUT2D eigenvalue weighted by Crippen LogP contribution is 2.16. The molecule has 0 saturated carbocycles. The Bertz CT molecular complexity index is 418. The van der Waals surface area contributed by atoms with Crippen molar-refractivity contribution in [2.45, 2.75) is 264 Å². The van der Waals surface area contributed by atoms with Crippen molar-refractivity contribution in [1.82, 2.24) is 0 Å². The molecule has 0 aromatic heterocycles. The fourth-order valence-electron chi connectivity index (χ4n) is 6.84. The van der Waals surface area contributed by atoms with Crippen LogP contribution in [0.5, 0.6) is 0 Å². The van der Waals surface area contributed by atoms with Crippen LogP contribution in [0.25, 0.3) is 0 Å². The first kappa shape index (κ1) is 44.0. The summed E-state index contributed by atoms with van der Waals surface area (Å²) in [6.45, 7) is 6.61. The highest BCUT2D eigenvalue weighted by molar-refractivity contribution is 4.53. The molecule has 0 aliphatic rings. The van der Waals surface area contributed by atoms with Crippen molar-refractivity contribution in [1.29, 1.82) is 0 Å². The molecule has 0 bridgehead atoms. The molecule has 0 N–H and O–H groups in total. The van der Waals surface area contributed by atoms with Crippen LogP contribution in [-0.2, 0) is 4.74 Å². The van der Waals surface area contributed by atoms with E-state index >= 15 is 0 Å². The van der Waals surface area contributed by atoms with Gasteiger partial charge in [0.15, 0.2) is 0 Å². The second-order valence-electron chi connectivity index (χ2n) is 14.7. The van der Waals surface area contributed by atoms with Gasteiger partial charge in [0.25, 0.3) is 0 Å². The highest BCUT2D eigenvalue weighted by atomic mass is 16.5. The van der Waals surface area contributed by atoms with Crippen LogP contribution in [0.2, 0.25) is 0 Å². The zero-order valence-electron chi connectivity index (χ0n) is 31.4. The Hall–Kier alpha value is -0.0400. The normalized spacial score (nSPS) is 11.6. The molecule has 44 heavy (non-hydrogen) atoms. The van der Waals surface area contributed by atoms with Crippen molar-refractivity contribution in [3.63, 3.8) is 0 Å². The summed E-state index contributed by atoms with van der Waals surface area (Å²) in [5.41, 5.74) is 0. The van der Waals surface area contributed by atoms with E-state index in [1.165, 1.54) is 250 Å². The molecule has 1 heteroatoms. The minimum Gasteiger partial charge on any atom is -0.381 e. The van der Waals surface area contributed by atoms with Gasteiger partial charge in [0.2, 0.25) is 0 Å². The first-order chi connectivity index (χ1) is 21.9. The van der Waals surface area contributed by atoms with E-state index in [-0.39, 0.29) is 0 Å². The molecule has 0 unspecified atom stereocenters. The number of ether oxygens (including phenoxy) is 1. The van der Waals surface area contributed by atoms with E-state index in [0.717, 1.165) is 13.2 Å². The van der Waals surface area contributed by atoms with Crippen molar-refractivity contribution in [2.24, 2.45) is 0 Å². The van der Waals surface area contributed by atoms with Crippen molar-refractivity contribution in [3.8, 4) is 0 Å². The van der Waals surface area contributed by atoms with E-state index in [9.17, 15) is 0 Å². The minimum absolute atomic E-state index is 0.998. The van der Waals surface area contributed by atoms with Crippen molar-refractivity contribution in [2.75, 3.05) is 13.2 Å². The fourth-order valence-corrected chi connectivity index (χ4v) is 6.84. The molecule has 0 aliphatic carbocycles. The maximum absolute atomic E-state index is 5.90. The lowest BCUT2D eigenvalue weighted by Crippen LogP contribution is -1.97. The van der Waals surface area contributed by atoms with Gasteiger partial charge < -0.3 is 4.74 Å². The number of unbranched alkanes of at least 4 members (excludes halogenated alkanes) is 37. The Morgan fingerprint density at radius 1 is 0.182 bits per heavy atom. The molecule has 0 atom stereocenters. The maximum atomic E-state index is 5.90. The third-order valence-corrected chi connectivity index (χ3v) is 10.0. The van der Waals surface area contributed by atoms with Crippen LogP contribution in [0.1, 0.15) is 264 Å². The molecule has 0 heterocycles. The maximum Gasteiger partial charge on any atom is 0.0466 e. The van der Waals surface area contributed by atoms with Gasteiger partial charge in [-0.25, -0.2) is 0 Å². The summed E-state index contributed by atoms with van der Waals surface area (Å²) in [4.78, 5) is 0.